The zero-order valence-corrected chi connectivity index (χ0v) is 13.9. The van der Waals surface area contributed by atoms with E-state index in [0.29, 0.717) is 5.69 Å². The Morgan fingerprint density at radius 2 is 2.04 bits per heavy atom. The van der Waals surface area contributed by atoms with E-state index in [-0.39, 0.29) is 33.9 Å². The molecule has 2 rings (SSSR count). The van der Waals surface area contributed by atoms with Crippen molar-refractivity contribution in [2.24, 2.45) is 0 Å². The average molecular weight is 366 g/mol. The van der Waals surface area contributed by atoms with Gasteiger partial charge in [0.1, 0.15) is 5.76 Å². The van der Waals surface area contributed by atoms with Crippen LogP contribution in [-0.2, 0) is 0 Å². The van der Waals surface area contributed by atoms with Gasteiger partial charge in [0.15, 0.2) is 0 Å². The second kappa shape index (κ2) is 7.81. The van der Waals surface area contributed by atoms with Crippen LogP contribution in [0.15, 0.2) is 43.1 Å². The maximum absolute atomic E-state index is 11.4. The Labute approximate surface area is 148 Å². The van der Waals surface area contributed by atoms with Crippen molar-refractivity contribution >= 4 is 46.8 Å². The van der Waals surface area contributed by atoms with Gasteiger partial charge in [-0.3, -0.25) is 4.90 Å². The van der Waals surface area contributed by atoms with Crippen LogP contribution in [-0.4, -0.2) is 32.8 Å². The van der Waals surface area contributed by atoms with Crippen LogP contribution in [0.2, 0.25) is 10.3 Å². The molecule has 0 fully saturated rings. The highest BCUT2D eigenvalue weighted by Crippen LogP contribution is 2.33. The molecule has 6 nitrogen and oxygen atoms in total. The molecule has 24 heavy (non-hydrogen) atoms. The van der Waals surface area contributed by atoms with Crippen LogP contribution in [0.1, 0.15) is 11.3 Å². The predicted octanol–water partition coefficient (Wildman–Crippen LogP) is 4.51. The van der Waals surface area contributed by atoms with Gasteiger partial charge in [-0.2, -0.15) is 0 Å². The van der Waals surface area contributed by atoms with E-state index >= 15 is 0 Å². The van der Waals surface area contributed by atoms with Gasteiger partial charge in [0.25, 0.3) is 0 Å². The molecule has 0 spiro atoms. The van der Waals surface area contributed by atoms with Crippen LogP contribution in [0.25, 0.3) is 11.8 Å². The molecule has 1 amide bonds. The van der Waals surface area contributed by atoms with Crippen LogP contribution >= 0.6 is 23.2 Å². The van der Waals surface area contributed by atoms with Crippen molar-refractivity contribution in [3.05, 3.63) is 64.7 Å². The highest BCUT2D eigenvalue weighted by Gasteiger charge is 2.19. The minimum atomic E-state index is -1.18. The maximum Gasteiger partial charge on any atom is 0.412 e. The fourth-order valence-electron chi connectivity index (χ4n) is 1.98. The van der Waals surface area contributed by atoms with Crippen molar-refractivity contribution in [1.29, 1.82) is 0 Å². The topological polar surface area (TPSA) is 86.6 Å². The summed E-state index contributed by atoms with van der Waals surface area (Å²) in [5, 5.41) is 19.7. The maximum atomic E-state index is 11.4. The van der Waals surface area contributed by atoms with Gasteiger partial charge in [0.05, 0.1) is 16.4 Å². The van der Waals surface area contributed by atoms with E-state index < -0.39 is 6.09 Å². The summed E-state index contributed by atoms with van der Waals surface area (Å²) in [7, 11) is 0. The summed E-state index contributed by atoms with van der Waals surface area (Å²) in [5.74, 6) is -0.180. The zero-order valence-electron chi connectivity index (χ0n) is 12.4. The first kappa shape index (κ1) is 17.8. The first-order valence-electron chi connectivity index (χ1n) is 6.73. The Hall–Kier alpha value is -2.57. The number of rotatable bonds is 5. The van der Waals surface area contributed by atoms with Gasteiger partial charge in [0, 0.05) is 24.4 Å². The van der Waals surface area contributed by atoms with Crippen molar-refractivity contribution < 1.29 is 15.0 Å². The Morgan fingerprint density at radius 1 is 1.29 bits per heavy atom. The molecule has 0 aliphatic carbocycles. The second-order valence-corrected chi connectivity index (χ2v) is 5.32. The fraction of sp³-hybridized carbons (Fsp3) is 0.0625. The van der Waals surface area contributed by atoms with Gasteiger partial charge in [-0.05, 0) is 29.8 Å². The lowest BCUT2D eigenvalue weighted by Crippen LogP contribution is -2.29. The number of aromatic nitrogens is 2. The molecule has 0 atom stereocenters. The minimum absolute atomic E-state index is 0.0411. The third-order valence-corrected chi connectivity index (χ3v) is 3.60. The Balaban J connectivity index is 2.46. The normalized spacial score (nSPS) is 11.2. The van der Waals surface area contributed by atoms with Gasteiger partial charge >= 0.3 is 6.09 Å². The lowest BCUT2D eigenvalue weighted by molar-refractivity contribution is 0.202. The molecule has 0 aliphatic heterocycles. The number of aliphatic hydroxyl groups excluding tert-OH is 1. The van der Waals surface area contributed by atoms with Crippen molar-refractivity contribution in [3.63, 3.8) is 0 Å². The van der Waals surface area contributed by atoms with Gasteiger partial charge in [-0.15, -0.1) is 6.58 Å². The van der Waals surface area contributed by atoms with Gasteiger partial charge < -0.3 is 10.2 Å². The highest BCUT2D eigenvalue weighted by atomic mass is 35.5. The van der Waals surface area contributed by atoms with E-state index in [1.54, 1.807) is 18.2 Å². The number of benzene rings is 1. The van der Waals surface area contributed by atoms with Gasteiger partial charge in [0.2, 0.25) is 5.28 Å². The lowest BCUT2D eigenvalue weighted by Gasteiger charge is -2.20. The molecule has 0 radical (unpaired) electrons. The molecular weight excluding hydrogens is 353 g/mol. The summed E-state index contributed by atoms with van der Waals surface area (Å²) in [6.07, 6.45) is 3.07. The molecule has 1 aromatic carbocycles. The van der Waals surface area contributed by atoms with Crippen LogP contribution in [0.4, 0.5) is 10.5 Å². The van der Waals surface area contributed by atoms with Crippen LogP contribution < -0.4 is 4.90 Å². The monoisotopic (exact) mass is 365 g/mol. The first-order valence-corrected chi connectivity index (χ1v) is 7.49. The number of hydrogen-bond acceptors (Lipinski definition) is 4. The molecule has 0 saturated carbocycles. The van der Waals surface area contributed by atoms with Crippen molar-refractivity contribution in [2.45, 2.75) is 0 Å². The van der Waals surface area contributed by atoms with E-state index in [2.05, 4.69) is 16.5 Å². The van der Waals surface area contributed by atoms with Crippen LogP contribution in [0.5, 0.6) is 0 Å². The van der Waals surface area contributed by atoms with E-state index in [1.807, 2.05) is 0 Å². The SMILES string of the molecule is C=CCN(C(=O)O)c1cccc(/C(O)=C\c2ccnc(Cl)n2)c1Cl. The number of hydrogen-bond donors (Lipinski definition) is 2. The lowest BCUT2D eigenvalue weighted by atomic mass is 10.1. The first-order chi connectivity index (χ1) is 11.4. The summed E-state index contributed by atoms with van der Waals surface area (Å²) >= 11 is 12.0. The number of amides is 1. The molecule has 0 saturated heterocycles. The van der Waals surface area contributed by atoms with Crippen molar-refractivity contribution in [1.82, 2.24) is 9.97 Å². The Morgan fingerprint density at radius 3 is 2.67 bits per heavy atom. The predicted molar refractivity (Wildman–Crippen MR) is 94.6 cm³/mol. The average Bonchev–Trinajstić information content (AvgIpc) is 2.53. The molecule has 1 heterocycles. The number of halogens is 2. The van der Waals surface area contributed by atoms with Crippen LogP contribution in [0, 0.1) is 0 Å². The Bertz CT molecular complexity index is 809. The quantitative estimate of drug-likeness (QED) is 0.462. The number of aliphatic hydroxyl groups is 1. The summed E-state index contributed by atoms with van der Waals surface area (Å²) < 4.78 is 0. The van der Waals surface area contributed by atoms with Gasteiger partial charge in [-0.1, -0.05) is 23.7 Å². The smallest absolute Gasteiger partial charge is 0.412 e. The number of nitrogens with zero attached hydrogens (tertiary/aromatic N) is 3. The zero-order chi connectivity index (χ0) is 17.7. The molecule has 2 N–H and O–H groups in total. The van der Waals surface area contributed by atoms with Crippen molar-refractivity contribution in [3.8, 4) is 0 Å². The number of carboxylic acid groups (broad SMARTS) is 1. The third-order valence-electron chi connectivity index (χ3n) is 3.02. The molecule has 2 aromatic rings. The minimum Gasteiger partial charge on any atom is -0.507 e. The van der Waals surface area contributed by atoms with E-state index in [4.69, 9.17) is 23.2 Å². The largest absolute Gasteiger partial charge is 0.507 e. The summed E-state index contributed by atoms with van der Waals surface area (Å²) in [6.45, 7) is 3.58. The molecule has 124 valence electrons. The molecule has 0 aliphatic rings. The molecule has 8 heteroatoms. The van der Waals surface area contributed by atoms with Gasteiger partial charge in [-0.25, -0.2) is 14.8 Å². The highest BCUT2D eigenvalue weighted by molar-refractivity contribution is 6.35. The van der Waals surface area contributed by atoms with Crippen LogP contribution in [0.3, 0.4) is 0 Å². The summed E-state index contributed by atoms with van der Waals surface area (Å²) in [4.78, 5) is 20.1. The number of carbonyl (C=O) groups is 1. The van der Waals surface area contributed by atoms with Crippen molar-refractivity contribution in [2.75, 3.05) is 11.4 Å². The Kier molecular flexibility index (Phi) is 5.78. The molecular formula is C16H13Cl2N3O3. The molecule has 0 bridgehead atoms. The standard InChI is InChI=1S/C16H13Cl2N3O3/c1-2-8-21(16(23)24)12-5-3-4-11(14(12)17)13(22)9-10-6-7-19-15(18)20-10/h2-7,9,22H,1,8H2,(H,23,24)/b13-9+. The molecule has 0 unspecified atom stereocenters. The van der Waals surface area contributed by atoms with E-state index in [1.165, 1.54) is 24.4 Å². The van der Waals surface area contributed by atoms with E-state index in [0.717, 1.165) is 4.90 Å². The molecule has 1 aromatic heterocycles. The summed E-state index contributed by atoms with van der Waals surface area (Å²) in [5.41, 5.74) is 0.886. The summed E-state index contributed by atoms with van der Waals surface area (Å²) in [6, 6.07) is 6.25. The fourth-order valence-corrected chi connectivity index (χ4v) is 2.46. The number of anilines is 1. The van der Waals surface area contributed by atoms with E-state index in [9.17, 15) is 15.0 Å². The third kappa shape index (κ3) is 4.04. The second-order valence-electron chi connectivity index (χ2n) is 4.60.